The number of para-hydroxylation sites is 1. The van der Waals surface area contributed by atoms with Crippen LogP contribution in [-0.2, 0) is 9.84 Å². The number of carbonyl (C=O) groups is 1. The Morgan fingerprint density at radius 1 is 1.00 bits per heavy atom. The zero-order chi connectivity index (χ0) is 17.7. The van der Waals surface area contributed by atoms with Crippen molar-refractivity contribution in [3.8, 4) is 11.5 Å². The number of methoxy groups -OCH3 is 2. The quantitative estimate of drug-likeness (QED) is 0.594. The normalized spacial score (nSPS) is 11.5. The molecule has 2 aromatic carbocycles. The summed E-state index contributed by atoms with van der Waals surface area (Å²) in [5.41, 5.74) is 1.11. The fourth-order valence-electron chi connectivity index (χ4n) is 2.19. The van der Waals surface area contributed by atoms with Gasteiger partial charge < -0.3 is 9.47 Å². The molecular formula is C18H18O5S. The maximum atomic E-state index is 12.3. The monoisotopic (exact) mass is 346 g/mol. The highest BCUT2D eigenvalue weighted by Gasteiger charge is 2.16. The van der Waals surface area contributed by atoms with E-state index >= 15 is 0 Å². The van der Waals surface area contributed by atoms with E-state index in [4.69, 9.17) is 9.47 Å². The molecule has 2 aromatic rings. The van der Waals surface area contributed by atoms with Crippen molar-refractivity contribution in [1.82, 2.24) is 0 Å². The maximum Gasteiger partial charge on any atom is 0.185 e. The molecule has 0 heterocycles. The second kappa shape index (κ2) is 7.31. The molecule has 0 aliphatic rings. The first-order chi connectivity index (χ1) is 11.4. The lowest BCUT2D eigenvalue weighted by Crippen LogP contribution is -2.03. The molecule has 0 unspecified atom stereocenters. The van der Waals surface area contributed by atoms with Crippen LogP contribution in [0.3, 0.4) is 0 Å². The van der Waals surface area contributed by atoms with Crippen LogP contribution in [0.15, 0.2) is 53.4 Å². The molecular weight excluding hydrogens is 328 g/mol. The average molecular weight is 346 g/mol. The molecule has 0 saturated heterocycles. The van der Waals surface area contributed by atoms with Crippen LogP contribution in [0.1, 0.15) is 15.9 Å². The van der Waals surface area contributed by atoms with Crippen LogP contribution in [0.5, 0.6) is 11.5 Å². The second-order valence-corrected chi connectivity index (χ2v) is 7.06. The van der Waals surface area contributed by atoms with Crippen LogP contribution in [0.25, 0.3) is 6.08 Å². The molecule has 0 radical (unpaired) electrons. The van der Waals surface area contributed by atoms with Crippen molar-refractivity contribution in [3.05, 3.63) is 59.7 Å². The Balaban J connectivity index is 2.32. The van der Waals surface area contributed by atoms with Gasteiger partial charge in [-0.3, -0.25) is 4.79 Å². The molecule has 0 aromatic heterocycles. The Morgan fingerprint density at radius 3 is 2.29 bits per heavy atom. The zero-order valence-electron chi connectivity index (χ0n) is 13.6. The van der Waals surface area contributed by atoms with E-state index in [1.165, 1.54) is 31.4 Å². The van der Waals surface area contributed by atoms with Crippen molar-refractivity contribution in [2.45, 2.75) is 4.90 Å². The molecule has 6 heteroatoms. The summed E-state index contributed by atoms with van der Waals surface area (Å²) in [7, 11) is -0.500. The van der Waals surface area contributed by atoms with Crippen LogP contribution >= 0.6 is 0 Å². The van der Waals surface area contributed by atoms with Gasteiger partial charge in [-0.1, -0.05) is 18.2 Å². The van der Waals surface area contributed by atoms with E-state index < -0.39 is 9.84 Å². The first-order valence-corrected chi connectivity index (χ1v) is 8.99. The Labute approximate surface area is 141 Å². The summed E-state index contributed by atoms with van der Waals surface area (Å²) in [6.07, 6.45) is 4.15. The fourth-order valence-corrected chi connectivity index (χ4v) is 3.02. The van der Waals surface area contributed by atoms with Crippen molar-refractivity contribution >= 4 is 21.7 Å². The predicted octanol–water partition coefficient (Wildman–Crippen LogP) is 3.00. The highest BCUT2D eigenvalue weighted by molar-refractivity contribution is 7.90. The van der Waals surface area contributed by atoms with E-state index in [0.717, 1.165) is 11.8 Å². The number of carbonyl (C=O) groups excluding carboxylic acids is 1. The van der Waals surface area contributed by atoms with E-state index in [2.05, 4.69) is 0 Å². The van der Waals surface area contributed by atoms with E-state index in [1.54, 1.807) is 19.3 Å². The van der Waals surface area contributed by atoms with Crippen molar-refractivity contribution < 1.29 is 22.7 Å². The number of ketones is 1. The van der Waals surface area contributed by atoms with Gasteiger partial charge in [0, 0.05) is 17.4 Å². The molecule has 2 rings (SSSR count). The molecule has 0 aliphatic carbocycles. The molecule has 0 N–H and O–H groups in total. The number of hydrogen-bond acceptors (Lipinski definition) is 5. The molecule has 0 saturated carbocycles. The van der Waals surface area contributed by atoms with Crippen molar-refractivity contribution in [3.63, 3.8) is 0 Å². The van der Waals surface area contributed by atoms with Crippen molar-refractivity contribution in [2.24, 2.45) is 0 Å². The number of rotatable bonds is 6. The Morgan fingerprint density at radius 2 is 1.67 bits per heavy atom. The minimum Gasteiger partial charge on any atom is -0.496 e. The summed E-state index contributed by atoms with van der Waals surface area (Å²) < 4.78 is 33.7. The van der Waals surface area contributed by atoms with Gasteiger partial charge in [0.1, 0.15) is 16.4 Å². The second-order valence-electron chi connectivity index (χ2n) is 5.08. The number of sulfone groups is 1. The fraction of sp³-hybridized carbons (Fsp3) is 0.167. The summed E-state index contributed by atoms with van der Waals surface area (Å²) >= 11 is 0. The van der Waals surface area contributed by atoms with Crippen LogP contribution in [0.2, 0.25) is 0 Å². The van der Waals surface area contributed by atoms with Crippen molar-refractivity contribution in [2.75, 3.05) is 20.5 Å². The van der Waals surface area contributed by atoms with Crippen LogP contribution in [-0.4, -0.2) is 34.7 Å². The zero-order valence-corrected chi connectivity index (χ0v) is 14.5. The van der Waals surface area contributed by atoms with Crippen molar-refractivity contribution in [1.29, 1.82) is 0 Å². The smallest absolute Gasteiger partial charge is 0.185 e. The van der Waals surface area contributed by atoms with Crippen LogP contribution in [0, 0.1) is 0 Å². The first-order valence-electron chi connectivity index (χ1n) is 7.10. The third kappa shape index (κ3) is 4.02. The van der Waals surface area contributed by atoms with Gasteiger partial charge in [0.25, 0.3) is 0 Å². The number of allylic oxidation sites excluding steroid dienone is 1. The van der Waals surface area contributed by atoms with E-state index in [1.807, 2.05) is 18.2 Å². The largest absolute Gasteiger partial charge is 0.496 e. The summed E-state index contributed by atoms with van der Waals surface area (Å²) in [4.78, 5) is 12.4. The molecule has 0 spiro atoms. The van der Waals surface area contributed by atoms with Gasteiger partial charge in [0.15, 0.2) is 15.6 Å². The summed E-state index contributed by atoms with van der Waals surface area (Å²) in [5, 5.41) is 0. The van der Waals surface area contributed by atoms with Gasteiger partial charge in [-0.15, -0.1) is 0 Å². The van der Waals surface area contributed by atoms with Crippen LogP contribution in [0.4, 0.5) is 0 Å². The molecule has 0 amide bonds. The lowest BCUT2D eigenvalue weighted by atomic mass is 10.1. The van der Waals surface area contributed by atoms with Gasteiger partial charge in [-0.25, -0.2) is 8.42 Å². The SMILES string of the molecule is COc1ccccc1/C=C\C(=O)c1ccc(S(C)(=O)=O)c(OC)c1. The van der Waals surface area contributed by atoms with Gasteiger partial charge in [0.05, 0.1) is 14.2 Å². The number of benzene rings is 2. The van der Waals surface area contributed by atoms with Gasteiger partial charge in [0.2, 0.25) is 0 Å². The Bertz CT molecular complexity index is 882. The molecule has 126 valence electrons. The van der Waals surface area contributed by atoms with Gasteiger partial charge in [-0.2, -0.15) is 0 Å². The highest BCUT2D eigenvalue weighted by atomic mass is 32.2. The molecule has 0 atom stereocenters. The number of hydrogen-bond donors (Lipinski definition) is 0. The van der Waals surface area contributed by atoms with E-state index in [9.17, 15) is 13.2 Å². The van der Waals surface area contributed by atoms with Gasteiger partial charge >= 0.3 is 0 Å². The highest BCUT2D eigenvalue weighted by Crippen LogP contribution is 2.25. The number of ether oxygens (including phenoxy) is 2. The summed E-state index contributed by atoms with van der Waals surface area (Å²) in [5.74, 6) is 0.542. The molecule has 24 heavy (non-hydrogen) atoms. The standard InChI is InChI=1S/C18H18O5S/c1-22-16-7-5-4-6-13(16)8-10-15(19)14-9-11-18(24(3,20)21)17(12-14)23-2/h4-12H,1-3H3/b10-8-. The lowest BCUT2D eigenvalue weighted by molar-refractivity contribution is 0.104. The minimum atomic E-state index is -3.42. The molecule has 5 nitrogen and oxygen atoms in total. The third-order valence-electron chi connectivity index (χ3n) is 3.40. The Hall–Kier alpha value is -2.60. The average Bonchev–Trinajstić information content (AvgIpc) is 2.58. The summed E-state index contributed by atoms with van der Waals surface area (Å²) in [6, 6.07) is 11.6. The topological polar surface area (TPSA) is 69.7 Å². The minimum absolute atomic E-state index is 0.0512. The first kappa shape index (κ1) is 17.7. The maximum absolute atomic E-state index is 12.3. The molecule has 0 aliphatic heterocycles. The third-order valence-corrected chi connectivity index (χ3v) is 4.54. The van der Waals surface area contributed by atoms with Crippen LogP contribution < -0.4 is 9.47 Å². The molecule has 0 fully saturated rings. The Kier molecular flexibility index (Phi) is 5.41. The van der Waals surface area contributed by atoms with E-state index in [0.29, 0.717) is 11.3 Å². The predicted molar refractivity (Wildman–Crippen MR) is 92.5 cm³/mol. The molecule has 0 bridgehead atoms. The van der Waals surface area contributed by atoms with Gasteiger partial charge in [-0.05, 0) is 36.4 Å². The summed E-state index contributed by atoms with van der Waals surface area (Å²) in [6.45, 7) is 0. The lowest BCUT2D eigenvalue weighted by Gasteiger charge is -2.08. The van der Waals surface area contributed by atoms with E-state index in [-0.39, 0.29) is 16.4 Å².